The maximum Gasteiger partial charge on any atom is 0.121 e. The van der Waals surface area contributed by atoms with Crippen molar-refractivity contribution < 1.29 is 0 Å². The van der Waals surface area contributed by atoms with Gasteiger partial charge < -0.3 is 0 Å². The van der Waals surface area contributed by atoms with Crippen LogP contribution in [0.1, 0.15) is 11.3 Å². The molecule has 2 aromatic carbocycles. The van der Waals surface area contributed by atoms with Crippen LogP contribution in [0, 0.1) is 0 Å². The Hall–Kier alpha value is -2.45. The molecule has 0 N–H and O–H groups in total. The van der Waals surface area contributed by atoms with E-state index in [-0.39, 0.29) is 0 Å². The lowest BCUT2D eigenvalue weighted by Gasteiger charge is -2.01. The third-order valence-corrected chi connectivity index (χ3v) is 4.35. The van der Waals surface area contributed by atoms with Crippen LogP contribution < -0.4 is 10.4 Å². The second kappa shape index (κ2) is 6.82. The zero-order valence-electron chi connectivity index (χ0n) is 11.6. The lowest BCUT2D eigenvalue weighted by Crippen LogP contribution is -2.26. The fraction of sp³-hybridized carbons (Fsp3) is 0. The molecule has 100 valence electrons. The van der Waals surface area contributed by atoms with Crippen LogP contribution in [-0.2, 0) is 0 Å². The van der Waals surface area contributed by atoms with E-state index in [1.165, 1.54) is 15.9 Å². The number of pyridine rings is 1. The third kappa shape index (κ3) is 4.00. The first-order chi connectivity index (χ1) is 10.4. The number of aromatic nitrogens is 1. The largest absolute Gasteiger partial charge is 0.257 e. The fourth-order valence-corrected chi connectivity index (χ4v) is 3.05. The van der Waals surface area contributed by atoms with E-state index in [1.807, 2.05) is 30.5 Å². The molecular weight excluding hydrogens is 270 g/mol. The molecule has 0 spiro atoms. The summed E-state index contributed by atoms with van der Waals surface area (Å²) in [6, 6.07) is 25.2. The van der Waals surface area contributed by atoms with Crippen LogP contribution in [0.4, 0.5) is 0 Å². The molecule has 3 aromatic rings. The smallest absolute Gasteiger partial charge is 0.121 e. The number of hydrogen-bond acceptors (Lipinski definition) is 1. The molecule has 0 fully saturated rings. The molecule has 1 nitrogen and oxygen atoms in total. The van der Waals surface area contributed by atoms with Gasteiger partial charge in [0.15, 0.2) is 0 Å². The van der Waals surface area contributed by atoms with Crippen molar-refractivity contribution in [2.24, 2.45) is 0 Å². The van der Waals surface area contributed by atoms with Crippen molar-refractivity contribution in [3.05, 3.63) is 90.3 Å². The molecule has 0 saturated heterocycles. The van der Waals surface area contributed by atoms with Crippen LogP contribution in [0.3, 0.4) is 0 Å². The van der Waals surface area contributed by atoms with Crippen molar-refractivity contribution in [2.45, 2.75) is 0 Å². The molecule has 0 amide bonds. The average molecular weight is 285 g/mol. The monoisotopic (exact) mass is 285 g/mol. The molecule has 2 heteroatoms. The quantitative estimate of drug-likeness (QED) is 0.672. The van der Waals surface area contributed by atoms with E-state index < -0.39 is 0 Å². The third-order valence-electron chi connectivity index (χ3n) is 3.11. The van der Waals surface area contributed by atoms with E-state index in [4.69, 9.17) is 0 Å². The number of benzene rings is 2. The molecule has 0 atom stereocenters. The van der Waals surface area contributed by atoms with E-state index in [0.717, 1.165) is 5.69 Å². The van der Waals surface area contributed by atoms with E-state index in [0.29, 0.717) is 9.52 Å². The van der Waals surface area contributed by atoms with Crippen LogP contribution in [-0.4, -0.2) is 14.5 Å². The molecule has 0 unspecified atom stereocenters. The summed E-state index contributed by atoms with van der Waals surface area (Å²) in [5.41, 5.74) is 2.18. The summed E-state index contributed by atoms with van der Waals surface area (Å²) < 4.78 is 0. The van der Waals surface area contributed by atoms with Gasteiger partial charge in [-0.1, -0.05) is 77.1 Å². The summed E-state index contributed by atoms with van der Waals surface area (Å²) in [7, 11) is 0.712. The van der Waals surface area contributed by atoms with Gasteiger partial charge in [0.2, 0.25) is 0 Å². The highest BCUT2D eigenvalue weighted by atomic mass is 28.2. The lowest BCUT2D eigenvalue weighted by atomic mass is 10.2. The Bertz CT molecular complexity index is 704. The van der Waals surface area contributed by atoms with Crippen molar-refractivity contribution in [2.75, 3.05) is 0 Å². The van der Waals surface area contributed by atoms with Gasteiger partial charge in [-0.3, -0.25) is 4.98 Å². The Labute approximate surface area is 127 Å². The summed E-state index contributed by atoms with van der Waals surface area (Å²) in [6.07, 6.45) is 5.94. The summed E-state index contributed by atoms with van der Waals surface area (Å²) in [6.45, 7) is 0. The SMILES string of the molecule is C(=Cc1ccccn1)c1ccc([Si]c2ccccc2)cc1. The maximum atomic E-state index is 4.28. The highest BCUT2D eigenvalue weighted by Crippen LogP contribution is 2.04. The highest BCUT2D eigenvalue weighted by molar-refractivity contribution is 6.67. The van der Waals surface area contributed by atoms with Gasteiger partial charge in [0.05, 0.1) is 5.69 Å². The van der Waals surface area contributed by atoms with Crippen LogP contribution >= 0.6 is 0 Å². The van der Waals surface area contributed by atoms with Crippen molar-refractivity contribution in [3.63, 3.8) is 0 Å². The number of rotatable bonds is 4. The first kappa shape index (κ1) is 13.5. The van der Waals surface area contributed by atoms with Gasteiger partial charge in [0, 0.05) is 6.20 Å². The predicted octanol–water partition coefficient (Wildman–Crippen LogP) is 2.91. The molecule has 1 aromatic heterocycles. The van der Waals surface area contributed by atoms with Gasteiger partial charge in [-0.05, 0) is 23.8 Å². The van der Waals surface area contributed by atoms with Crippen LogP contribution in [0.5, 0.6) is 0 Å². The first-order valence-electron chi connectivity index (χ1n) is 6.91. The Kier molecular flexibility index (Phi) is 4.39. The lowest BCUT2D eigenvalue weighted by molar-refractivity contribution is 1.30. The summed E-state index contributed by atoms with van der Waals surface area (Å²) >= 11 is 0. The maximum absolute atomic E-state index is 4.28. The Morgan fingerprint density at radius 3 is 2.10 bits per heavy atom. The molecule has 0 aliphatic carbocycles. The Morgan fingerprint density at radius 1 is 0.667 bits per heavy atom. The average Bonchev–Trinajstić information content (AvgIpc) is 2.56. The second-order valence-electron chi connectivity index (χ2n) is 4.70. The molecule has 0 aliphatic heterocycles. The molecular formula is C19H15NSi. The first-order valence-corrected chi connectivity index (χ1v) is 7.91. The zero-order chi connectivity index (χ0) is 14.3. The summed E-state index contributed by atoms with van der Waals surface area (Å²) in [5, 5.41) is 2.73. The molecule has 2 radical (unpaired) electrons. The Balaban J connectivity index is 1.68. The van der Waals surface area contributed by atoms with E-state index in [9.17, 15) is 0 Å². The van der Waals surface area contributed by atoms with E-state index in [1.54, 1.807) is 0 Å². The molecule has 1 heterocycles. The second-order valence-corrected chi connectivity index (χ2v) is 6.11. The summed E-state index contributed by atoms with van der Waals surface area (Å²) in [5.74, 6) is 0. The zero-order valence-corrected chi connectivity index (χ0v) is 12.6. The van der Waals surface area contributed by atoms with Gasteiger partial charge in [-0.25, -0.2) is 0 Å². The molecule has 21 heavy (non-hydrogen) atoms. The minimum Gasteiger partial charge on any atom is -0.257 e. The molecule has 3 rings (SSSR count). The molecule has 0 saturated carbocycles. The van der Waals surface area contributed by atoms with Gasteiger partial charge in [-0.2, -0.15) is 0 Å². The van der Waals surface area contributed by atoms with E-state index in [2.05, 4.69) is 65.7 Å². The van der Waals surface area contributed by atoms with Gasteiger partial charge >= 0.3 is 0 Å². The normalized spacial score (nSPS) is 10.9. The van der Waals surface area contributed by atoms with Crippen molar-refractivity contribution in [1.29, 1.82) is 0 Å². The predicted molar refractivity (Wildman–Crippen MR) is 91.1 cm³/mol. The van der Waals surface area contributed by atoms with Gasteiger partial charge in [-0.15, -0.1) is 0 Å². The van der Waals surface area contributed by atoms with Crippen molar-refractivity contribution >= 4 is 32.0 Å². The molecule has 0 bridgehead atoms. The van der Waals surface area contributed by atoms with Gasteiger partial charge in [0.1, 0.15) is 9.52 Å². The van der Waals surface area contributed by atoms with Gasteiger partial charge in [0.25, 0.3) is 0 Å². The minimum absolute atomic E-state index is 0.712. The number of nitrogens with zero attached hydrogens (tertiary/aromatic N) is 1. The van der Waals surface area contributed by atoms with Crippen LogP contribution in [0.25, 0.3) is 12.2 Å². The van der Waals surface area contributed by atoms with E-state index >= 15 is 0 Å². The Morgan fingerprint density at radius 2 is 1.38 bits per heavy atom. The van der Waals surface area contributed by atoms with Crippen molar-refractivity contribution in [1.82, 2.24) is 4.98 Å². The standard InChI is InChI=1S/C19H15NSi/c1-2-7-18(8-3-1)21-19-13-10-16(11-14-19)9-12-17-6-4-5-15-20-17/h1-15H. The number of hydrogen-bond donors (Lipinski definition) is 0. The highest BCUT2D eigenvalue weighted by Gasteiger charge is 1.97. The minimum atomic E-state index is 0.712. The fourth-order valence-electron chi connectivity index (χ4n) is 2.02. The topological polar surface area (TPSA) is 12.9 Å². The summed E-state index contributed by atoms with van der Waals surface area (Å²) in [4.78, 5) is 4.28. The van der Waals surface area contributed by atoms with Crippen LogP contribution in [0.2, 0.25) is 0 Å². The van der Waals surface area contributed by atoms with Crippen molar-refractivity contribution in [3.8, 4) is 0 Å². The molecule has 0 aliphatic rings. The van der Waals surface area contributed by atoms with Crippen LogP contribution in [0.15, 0.2) is 79.0 Å².